The quantitative estimate of drug-likeness (QED) is 0.749. The van der Waals surface area contributed by atoms with Crippen LogP contribution in [0.15, 0.2) is 29.2 Å². The van der Waals surface area contributed by atoms with Gasteiger partial charge in [-0.2, -0.15) is 0 Å². The van der Waals surface area contributed by atoms with Crippen molar-refractivity contribution in [2.45, 2.75) is 43.9 Å². The summed E-state index contributed by atoms with van der Waals surface area (Å²) in [5.41, 5.74) is 0.833. The van der Waals surface area contributed by atoms with E-state index in [1.54, 1.807) is 19.1 Å². The summed E-state index contributed by atoms with van der Waals surface area (Å²) in [5.74, 6) is 0.642. The molecule has 0 amide bonds. The van der Waals surface area contributed by atoms with Crippen molar-refractivity contribution < 1.29 is 8.42 Å². The van der Waals surface area contributed by atoms with Gasteiger partial charge in [-0.25, -0.2) is 8.42 Å². The van der Waals surface area contributed by atoms with E-state index in [0.29, 0.717) is 17.2 Å². The van der Waals surface area contributed by atoms with E-state index in [4.69, 9.17) is 11.6 Å². The van der Waals surface area contributed by atoms with E-state index in [1.165, 1.54) is 0 Å². The van der Waals surface area contributed by atoms with Gasteiger partial charge in [-0.05, 0) is 30.4 Å². The summed E-state index contributed by atoms with van der Waals surface area (Å²) < 4.78 is 24.0. The molecule has 102 valence electrons. The van der Waals surface area contributed by atoms with Gasteiger partial charge in [0.2, 0.25) is 0 Å². The Morgan fingerprint density at radius 1 is 1.22 bits per heavy atom. The number of rotatable bonds is 6. The third kappa shape index (κ3) is 4.29. The fourth-order valence-corrected chi connectivity index (χ4v) is 3.64. The maximum atomic E-state index is 12.0. The second kappa shape index (κ2) is 6.58. The molecule has 0 aliphatic carbocycles. The minimum absolute atomic E-state index is 0.0155. The molecule has 0 bridgehead atoms. The summed E-state index contributed by atoms with van der Waals surface area (Å²) in [4.78, 5) is 0.432. The molecule has 2 nitrogen and oxygen atoms in total. The summed E-state index contributed by atoms with van der Waals surface area (Å²) in [6, 6.07) is 7.16. The molecular weight excluding hydrogens is 268 g/mol. The van der Waals surface area contributed by atoms with Gasteiger partial charge in [0.1, 0.15) is 0 Å². The van der Waals surface area contributed by atoms with Crippen LogP contribution in [0.25, 0.3) is 0 Å². The molecule has 1 atom stereocenters. The van der Waals surface area contributed by atoms with Crippen LogP contribution < -0.4 is 0 Å². The first kappa shape index (κ1) is 15.5. The Morgan fingerprint density at radius 2 is 1.83 bits per heavy atom. The van der Waals surface area contributed by atoms with Crippen LogP contribution in [-0.4, -0.2) is 19.5 Å². The Hall–Kier alpha value is -0.540. The van der Waals surface area contributed by atoms with Crippen LogP contribution in [0, 0.1) is 5.92 Å². The number of halogens is 1. The first-order valence-electron chi connectivity index (χ1n) is 6.31. The zero-order valence-electron chi connectivity index (χ0n) is 11.2. The van der Waals surface area contributed by atoms with Crippen LogP contribution in [-0.2, 0) is 16.3 Å². The lowest BCUT2D eigenvalue weighted by Crippen LogP contribution is -2.12. The molecule has 0 heterocycles. The van der Waals surface area contributed by atoms with Crippen molar-refractivity contribution in [3.63, 3.8) is 0 Å². The van der Waals surface area contributed by atoms with Crippen molar-refractivity contribution in [3.8, 4) is 0 Å². The molecule has 1 aromatic carbocycles. The number of hydrogen-bond acceptors (Lipinski definition) is 2. The average molecular weight is 289 g/mol. The molecule has 0 aliphatic rings. The lowest BCUT2D eigenvalue weighted by Gasteiger charge is -2.14. The smallest absolute Gasteiger partial charge is 0.178 e. The van der Waals surface area contributed by atoms with Crippen LogP contribution in [0.2, 0.25) is 0 Å². The van der Waals surface area contributed by atoms with Crippen molar-refractivity contribution in [3.05, 3.63) is 29.8 Å². The molecule has 0 N–H and O–H groups in total. The first-order chi connectivity index (χ1) is 8.36. The maximum Gasteiger partial charge on any atom is 0.178 e. The second-order valence-corrected chi connectivity index (χ2v) is 7.81. The lowest BCUT2D eigenvalue weighted by molar-refractivity contribution is 0.558. The normalized spacial score (nSPS) is 13.8. The topological polar surface area (TPSA) is 34.1 Å². The van der Waals surface area contributed by atoms with Crippen LogP contribution in [0.3, 0.4) is 0 Å². The molecule has 0 saturated carbocycles. The van der Waals surface area contributed by atoms with Crippen LogP contribution in [0.4, 0.5) is 0 Å². The Balaban J connectivity index is 2.97. The van der Waals surface area contributed by atoms with E-state index in [9.17, 15) is 8.42 Å². The van der Waals surface area contributed by atoms with E-state index in [1.807, 2.05) is 12.1 Å². The number of hydrogen-bond donors (Lipinski definition) is 0. The molecule has 0 saturated heterocycles. The zero-order valence-corrected chi connectivity index (χ0v) is 12.8. The molecule has 1 rings (SSSR count). The third-order valence-corrected chi connectivity index (χ3v) is 5.02. The molecule has 0 spiro atoms. The minimum atomic E-state index is -3.16. The molecule has 0 aliphatic heterocycles. The largest absolute Gasteiger partial charge is 0.224 e. The van der Waals surface area contributed by atoms with Gasteiger partial charge in [-0.1, -0.05) is 39.0 Å². The molecule has 0 fully saturated rings. The summed E-state index contributed by atoms with van der Waals surface area (Å²) in [6.45, 7) is 5.90. The fourth-order valence-electron chi connectivity index (χ4n) is 1.96. The van der Waals surface area contributed by atoms with Gasteiger partial charge in [0, 0.05) is 5.38 Å². The predicted octanol–water partition coefficient (Wildman–Crippen LogP) is 3.68. The van der Waals surface area contributed by atoms with Crippen molar-refractivity contribution in [2.24, 2.45) is 5.92 Å². The van der Waals surface area contributed by atoms with Crippen molar-refractivity contribution >= 4 is 21.4 Å². The molecule has 0 aromatic heterocycles. The van der Waals surface area contributed by atoms with E-state index in [0.717, 1.165) is 12.0 Å². The van der Waals surface area contributed by atoms with E-state index < -0.39 is 9.84 Å². The Morgan fingerprint density at radius 3 is 2.39 bits per heavy atom. The second-order valence-electron chi connectivity index (χ2n) is 4.94. The SMILES string of the molecule is CCS(=O)(=O)c1ccccc1CC(Cl)CC(C)C. The van der Waals surface area contributed by atoms with Gasteiger partial charge in [0.25, 0.3) is 0 Å². The lowest BCUT2D eigenvalue weighted by atomic mass is 10.0. The highest BCUT2D eigenvalue weighted by molar-refractivity contribution is 7.91. The van der Waals surface area contributed by atoms with Crippen LogP contribution in [0.5, 0.6) is 0 Å². The van der Waals surface area contributed by atoms with Crippen molar-refractivity contribution in [1.82, 2.24) is 0 Å². The highest BCUT2D eigenvalue weighted by Gasteiger charge is 2.18. The van der Waals surface area contributed by atoms with Gasteiger partial charge >= 0.3 is 0 Å². The Labute approximate surface area is 115 Å². The standard InChI is InChI=1S/C14H21ClO2S/c1-4-18(16,17)14-8-6-5-7-12(14)10-13(15)9-11(2)3/h5-8,11,13H,4,9-10H2,1-3H3. The van der Waals surface area contributed by atoms with Crippen molar-refractivity contribution in [2.75, 3.05) is 5.75 Å². The molecule has 0 radical (unpaired) electrons. The Kier molecular flexibility index (Phi) is 5.67. The molecule has 18 heavy (non-hydrogen) atoms. The number of benzene rings is 1. The van der Waals surface area contributed by atoms with E-state index >= 15 is 0 Å². The minimum Gasteiger partial charge on any atom is -0.224 e. The van der Waals surface area contributed by atoms with Gasteiger partial charge in [-0.15, -0.1) is 11.6 Å². The molecule has 1 unspecified atom stereocenters. The van der Waals surface area contributed by atoms with Gasteiger partial charge in [-0.3, -0.25) is 0 Å². The summed E-state index contributed by atoms with van der Waals surface area (Å²) in [6.07, 6.45) is 1.50. The molecule has 4 heteroatoms. The monoisotopic (exact) mass is 288 g/mol. The fraction of sp³-hybridized carbons (Fsp3) is 0.571. The van der Waals surface area contributed by atoms with Gasteiger partial charge < -0.3 is 0 Å². The number of sulfone groups is 1. The maximum absolute atomic E-state index is 12.0. The first-order valence-corrected chi connectivity index (χ1v) is 8.40. The number of alkyl halides is 1. The summed E-state index contributed by atoms with van der Waals surface area (Å²) in [7, 11) is -3.16. The zero-order chi connectivity index (χ0) is 13.8. The summed E-state index contributed by atoms with van der Waals surface area (Å²) >= 11 is 6.28. The average Bonchev–Trinajstić information content (AvgIpc) is 2.28. The summed E-state index contributed by atoms with van der Waals surface area (Å²) in [5, 5.41) is -0.0155. The van der Waals surface area contributed by atoms with Crippen LogP contribution >= 0.6 is 11.6 Å². The van der Waals surface area contributed by atoms with Crippen molar-refractivity contribution in [1.29, 1.82) is 0 Å². The predicted molar refractivity (Wildman–Crippen MR) is 77.0 cm³/mol. The van der Waals surface area contributed by atoms with Gasteiger partial charge in [0.15, 0.2) is 9.84 Å². The van der Waals surface area contributed by atoms with E-state index in [-0.39, 0.29) is 11.1 Å². The van der Waals surface area contributed by atoms with E-state index in [2.05, 4.69) is 13.8 Å². The molecule has 1 aromatic rings. The molecular formula is C14H21ClO2S. The van der Waals surface area contributed by atoms with Crippen LogP contribution in [0.1, 0.15) is 32.8 Å². The highest BCUT2D eigenvalue weighted by Crippen LogP contribution is 2.22. The highest BCUT2D eigenvalue weighted by atomic mass is 35.5. The Bertz CT molecular complexity index is 480. The third-order valence-electron chi connectivity index (χ3n) is 2.86. The van der Waals surface area contributed by atoms with Gasteiger partial charge in [0.05, 0.1) is 10.6 Å².